The number of sulfonamides is 1. The van der Waals surface area contributed by atoms with Gasteiger partial charge < -0.3 is 10.1 Å². The van der Waals surface area contributed by atoms with E-state index in [0.29, 0.717) is 28.6 Å². The van der Waals surface area contributed by atoms with E-state index in [4.69, 9.17) is 16.3 Å². The summed E-state index contributed by atoms with van der Waals surface area (Å²) in [6.45, 7) is 0.643. The van der Waals surface area contributed by atoms with E-state index in [1.807, 2.05) is 6.07 Å². The predicted octanol–water partition coefficient (Wildman–Crippen LogP) is 4.69. The van der Waals surface area contributed by atoms with Crippen molar-refractivity contribution in [2.45, 2.75) is 38.6 Å². The number of ether oxygens (including phenoxy) is 1. The number of anilines is 1. The van der Waals surface area contributed by atoms with Gasteiger partial charge in [0.05, 0.1) is 18.5 Å². The lowest BCUT2D eigenvalue weighted by Gasteiger charge is -2.23. The zero-order valence-electron chi connectivity index (χ0n) is 18.2. The molecular formula is C24H29ClN2O4S. The highest BCUT2D eigenvalue weighted by Crippen LogP contribution is 2.26. The van der Waals surface area contributed by atoms with Gasteiger partial charge in [0.15, 0.2) is 6.61 Å². The summed E-state index contributed by atoms with van der Waals surface area (Å²) in [6, 6.07) is 13.7. The van der Waals surface area contributed by atoms with Gasteiger partial charge in [-0.25, -0.2) is 8.42 Å². The number of amides is 1. The molecule has 3 rings (SSSR count). The summed E-state index contributed by atoms with van der Waals surface area (Å²) in [5.74, 6) is 0.312. The lowest BCUT2D eigenvalue weighted by molar-refractivity contribution is -0.123. The Kier molecular flexibility index (Phi) is 8.59. The molecule has 1 aliphatic carbocycles. The number of benzene rings is 2. The molecule has 0 saturated carbocycles. The van der Waals surface area contributed by atoms with E-state index in [9.17, 15) is 13.2 Å². The number of nitrogens with zero attached hydrogens (tertiary/aromatic N) is 1. The summed E-state index contributed by atoms with van der Waals surface area (Å²) < 4.78 is 31.5. The fourth-order valence-corrected chi connectivity index (χ4v) is 4.66. The molecule has 0 radical (unpaired) electrons. The average Bonchev–Trinajstić information content (AvgIpc) is 2.77. The molecule has 1 N–H and O–H groups in total. The van der Waals surface area contributed by atoms with E-state index in [1.165, 1.54) is 22.7 Å². The Hall–Kier alpha value is -2.51. The number of nitrogens with one attached hydrogen (secondary N) is 1. The number of hydrogen-bond acceptors (Lipinski definition) is 4. The maximum Gasteiger partial charge on any atom is 0.257 e. The molecule has 0 atom stereocenters. The van der Waals surface area contributed by atoms with Gasteiger partial charge in [-0.3, -0.25) is 9.10 Å². The maximum atomic E-state index is 12.4. The third-order valence-corrected chi connectivity index (χ3v) is 6.83. The normalized spacial score (nSPS) is 13.9. The zero-order chi connectivity index (χ0) is 23.0. The van der Waals surface area contributed by atoms with Crippen molar-refractivity contribution >= 4 is 33.2 Å². The molecule has 172 valence electrons. The van der Waals surface area contributed by atoms with Crippen LogP contribution in [0.4, 0.5) is 5.69 Å². The van der Waals surface area contributed by atoms with Crippen LogP contribution >= 0.6 is 11.6 Å². The summed E-state index contributed by atoms with van der Waals surface area (Å²) in [5, 5.41) is 3.38. The molecule has 0 spiro atoms. The van der Waals surface area contributed by atoms with Crippen molar-refractivity contribution in [3.05, 3.63) is 70.8 Å². The van der Waals surface area contributed by atoms with Crippen LogP contribution < -0.4 is 14.4 Å². The highest BCUT2D eigenvalue weighted by molar-refractivity contribution is 7.92. The van der Waals surface area contributed by atoms with E-state index in [2.05, 4.69) is 11.4 Å². The molecule has 2 aromatic carbocycles. The van der Waals surface area contributed by atoms with E-state index < -0.39 is 10.0 Å². The first-order valence-electron chi connectivity index (χ1n) is 10.7. The van der Waals surface area contributed by atoms with Crippen molar-refractivity contribution in [1.29, 1.82) is 0 Å². The standard InChI is InChI=1S/C24H29ClN2O4S/c1-32(29,30)27(17-20-9-5-6-10-23(20)25)21-11-13-22(14-12-21)31-18-24(28)26-16-15-19-7-3-2-4-8-19/h5-7,9-14H,2-4,8,15-18H2,1H3,(H,26,28). The summed E-state index contributed by atoms with van der Waals surface area (Å²) in [5.41, 5.74) is 2.62. The topological polar surface area (TPSA) is 75.7 Å². The van der Waals surface area contributed by atoms with Gasteiger partial charge in [0.2, 0.25) is 10.0 Å². The van der Waals surface area contributed by atoms with Gasteiger partial charge in [-0.15, -0.1) is 0 Å². The molecule has 0 fully saturated rings. The molecular weight excluding hydrogens is 448 g/mol. The lowest BCUT2D eigenvalue weighted by Crippen LogP contribution is -2.30. The molecule has 1 aliphatic rings. The number of halogens is 1. The third-order valence-electron chi connectivity index (χ3n) is 5.32. The number of carbonyl (C=O) groups excluding carboxylic acids is 1. The fraction of sp³-hybridized carbons (Fsp3) is 0.375. The third kappa shape index (κ3) is 7.28. The molecule has 0 aromatic heterocycles. The SMILES string of the molecule is CS(=O)(=O)N(Cc1ccccc1Cl)c1ccc(OCC(=O)NCCC2=CCCCC2)cc1. The molecule has 1 amide bonds. The van der Waals surface area contributed by atoms with Gasteiger partial charge in [0.1, 0.15) is 5.75 Å². The lowest BCUT2D eigenvalue weighted by atomic mass is 9.97. The van der Waals surface area contributed by atoms with E-state index in [0.717, 1.165) is 25.5 Å². The first-order chi connectivity index (χ1) is 15.3. The van der Waals surface area contributed by atoms with Crippen molar-refractivity contribution < 1.29 is 17.9 Å². The van der Waals surface area contributed by atoms with Crippen molar-refractivity contribution in [3.8, 4) is 5.75 Å². The second kappa shape index (κ2) is 11.4. The first kappa shape index (κ1) is 24.1. The smallest absolute Gasteiger partial charge is 0.257 e. The fourth-order valence-electron chi connectivity index (χ4n) is 3.58. The van der Waals surface area contributed by atoms with Crippen molar-refractivity contribution in [1.82, 2.24) is 5.32 Å². The minimum atomic E-state index is -3.53. The summed E-state index contributed by atoms with van der Waals surface area (Å²) in [4.78, 5) is 12.0. The Labute approximate surface area is 195 Å². The predicted molar refractivity (Wildman–Crippen MR) is 129 cm³/mol. The van der Waals surface area contributed by atoms with Crippen LogP contribution in [-0.2, 0) is 21.4 Å². The minimum Gasteiger partial charge on any atom is -0.484 e. The summed E-state index contributed by atoms with van der Waals surface area (Å²) in [6.07, 6.45) is 9.06. The molecule has 0 saturated heterocycles. The van der Waals surface area contributed by atoms with Gasteiger partial charge in [0, 0.05) is 11.6 Å². The number of carbonyl (C=O) groups is 1. The van der Waals surface area contributed by atoms with Crippen LogP contribution in [0.5, 0.6) is 5.75 Å². The summed E-state index contributed by atoms with van der Waals surface area (Å²) in [7, 11) is -3.53. The van der Waals surface area contributed by atoms with E-state index in [-0.39, 0.29) is 19.1 Å². The molecule has 2 aromatic rings. The van der Waals surface area contributed by atoms with E-state index in [1.54, 1.807) is 42.5 Å². The molecule has 0 heterocycles. The minimum absolute atomic E-state index is 0.0895. The zero-order valence-corrected chi connectivity index (χ0v) is 19.8. The van der Waals surface area contributed by atoms with Crippen molar-refractivity contribution in [3.63, 3.8) is 0 Å². The van der Waals surface area contributed by atoms with Gasteiger partial charge in [0.25, 0.3) is 5.91 Å². The van der Waals surface area contributed by atoms with E-state index >= 15 is 0 Å². The van der Waals surface area contributed by atoms with Crippen LogP contribution in [0.25, 0.3) is 0 Å². The molecule has 8 heteroatoms. The van der Waals surface area contributed by atoms with Crippen molar-refractivity contribution in [2.75, 3.05) is 23.7 Å². The van der Waals surface area contributed by atoms with Gasteiger partial charge in [-0.1, -0.05) is 41.4 Å². The van der Waals surface area contributed by atoms with Crippen molar-refractivity contribution in [2.24, 2.45) is 0 Å². The Morgan fingerprint density at radius 3 is 2.53 bits per heavy atom. The second-order valence-corrected chi connectivity index (χ2v) is 10.2. The van der Waals surface area contributed by atoms with Crippen LogP contribution in [-0.4, -0.2) is 33.7 Å². The molecule has 6 nitrogen and oxygen atoms in total. The highest BCUT2D eigenvalue weighted by Gasteiger charge is 2.19. The molecule has 32 heavy (non-hydrogen) atoms. The largest absolute Gasteiger partial charge is 0.484 e. The van der Waals surface area contributed by atoms with Gasteiger partial charge >= 0.3 is 0 Å². The quantitative estimate of drug-likeness (QED) is 0.504. The molecule has 0 aliphatic heterocycles. The number of rotatable bonds is 10. The number of allylic oxidation sites excluding steroid dienone is 1. The van der Waals surface area contributed by atoms with Crippen LogP contribution in [0, 0.1) is 0 Å². The molecule has 0 unspecified atom stereocenters. The Morgan fingerprint density at radius 1 is 1.12 bits per heavy atom. The van der Waals surface area contributed by atoms with Crippen LogP contribution in [0.15, 0.2) is 60.2 Å². The molecule has 0 bridgehead atoms. The van der Waals surface area contributed by atoms with Crippen LogP contribution in [0.1, 0.15) is 37.7 Å². The Bertz CT molecular complexity index is 1050. The Morgan fingerprint density at radius 2 is 1.88 bits per heavy atom. The second-order valence-electron chi connectivity index (χ2n) is 7.85. The van der Waals surface area contributed by atoms with Crippen LogP contribution in [0.2, 0.25) is 5.02 Å². The average molecular weight is 477 g/mol. The maximum absolute atomic E-state index is 12.4. The number of hydrogen-bond donors (Lipinski definition) is 1. The van der Waals surface area contributed by atoms with Crippen LogP contribution in [0.3, 0.4) is 0 Å². The van der Waals surface area contributed by atoms with Gasteiger partial charge in [-0.2, -0.15) is 0 Å². The van der Waals surface area contributed by atoms with Gasteiger partial charge in [-0.05, 0) is 68.0 Å². The monoisotopic (exact) mass is 476 g/mol. The summed E-state index contributed by atoms with van der Waals surface area (Å²) >= 11 is 6.20. The first-order valence-corrected chi connectivity index (χ1v) is 12.9. The highest BCUT2D eigenvalue weighted by atomic mass is 35.5. The Balaban J connectivity index is 1.54.